The summed E-state index contributed by atoms with van der Waals surface area (Å²) < 4.78 is 0. The van der Waals surface area contributed by atoms with Crippen LogP contribution >= 0.6 is 0 Å². The third-order valence-electron chi connectivity index (χ3n) is 13.8. The third kappa shape index (κ3) is 7.45. The molecule has 0 aliphatic rings. The smallest absolute Gasteiger partial charge is 0.00259 e. The molecule has 0 aliphatic heterocycles. The van der Waals surface area contributed by atoms with Crippen molar-refractivity contribution in [3.63, 3.8) is 0 Å². The minimum absolute atomic E-state index is 1.16. The van der Waals surface area contributed by atoms with Crippen molar-refractivity contribution in [1.82, 2.24) is 0 Å². The van der Waals surface area contributed by atoms with Gasteiger partial charge < -0.3 is 0 Å². The molecule has 0 heterocycles. The molecule has 0 spiro atoms. The maximum absolute atomic E-state index is 2.43. The Morgan fingerprint density at radius 3 is 1.19 bits per heavy atom. The van der Waals surface area contributed by atoms with Crippen molar-refractivity contribution in [3.8, 4) is 44.5 Å². The van der Waals surface area contributed by atoms with Crippen LogP contribution in [0, 0.1) is 0 Å². The molecule has 0 fully saturated rings. The lowest BCUT2D eigenvalue weighted by Crippen LogP contribution is -2.23. The third-order valence-corrected chi connectivity index (χ3v) is 13.8. The second-order valence-corrected chi connectivity index (χ2v) is 17.4. The van der Waals surface area contributed by atoms with E-state index in [-0.39, 0.29) is 0 Å². The fourth-order valence-electron chi connectivity index (χ4n) is 10.5. The van der Waals surface area contributed by atoms with Gasteiger partial charge in [0.25, 0.3) is 0 Å². The first-order valence-corrected chi connectivity index (χ1v) is 24.1. The first-order chi connectivity index (χ1) is 33.6. The average molecular weight is 869 g/mol. The van der Waals surface area contributed by atoms with E-state index in [4.69, 9.17) is 0 Å². The normalized spacial score (nSPS) is 12.2. The van der Waals surface area contributed by atoms with Crippen LogP contribution in [0.15, 0.2) is 218 Å². The van der Waals surface area contributed by atoms with Gasteiger partial charge in [-0.1, -0.05) is 232 Å². The van der Waals surface area contributed by atoms with Crippen LogP contribution in [0.4, 0.5) is 0 Å². The van der Waals surface area contributed by atoms with Gasteiger partial charge in [-0.2, -0.15) is 0 Å². The number of benzene rings is 12. The predicted molar refractivity (Wildman–Crippen MR) is 299 cm³/mol. The van der Waals surface area contributed by atoms with Crippen LogP contribution in [0.2, 0.25) is 0 Å². The Hall–Kier alpha value is -8.32. The second-order valence-electron chi connectivity index (χ2n) is 17.4. The molecule has 0 aliphatic carbocycles. The van der Waals surface area contributed by atoms with E-state index in [1.807, 2.05) is 13.8 Å². The summed E-state index contributed by atoms with van der Waals surface area (Å²) in [5.74, 6) is 0. The Balaban J connectivity index is 0.00000250. The first-order valence-electron chi connectivity index (χ1n) is 24.1. The highest BCUT2D eigenvalue weighted by Crippen LogP contribution is 2.46. The van der Waals surface area contributed by atoms with Crippen LogP contribution < -0.4 is 10.4 Å². The molecular formula is C68H52. The van der Waals surface area contributed by atoms with Gasteiger partial charge in [-0.25, -0.2) is 0 Å². The maximum atomic E-state index is 2.43. The molecule has 0 radical (unpaired) electrons. The molecule has 12 aromatic rings. The molecule has 324 valence electrons. The molecular weight excluding hydrogens is 817 g/mol. The molecule has 0 saturated heterocycles. The van der Waals surface area contributed by atoms with Gasteiger partial charge in [-0.3, -0.25) is 0 Å². The molecule has 12 rings (SSSR count). The Morgan fingerprint density at radius 2 is 0.662 bits per heavy atom. The number of fused-ring (bicyclic) bond motifs is 6. The number of rotatable bonds is 6. The number of hydrogen-bond donors (Lipinski definition) is 0. The van der Waals surface area contributed by atoms with Crippen molar-refractivity contribution in [2.75, 3.05) is 0 Å². The first kappa shape index (κ1) is 42.3. The van der Waals surface area contributed by atoms with Crippen molar-refractivity contribution in [1.29, 1.82) is 0 Å². The summed E-state index contributed by atoms with van der Waals surface area (Å²) in [6, 6.07) is 81.0. The predicted octanol–water partition coefficient (Wildman–Crippen LogP) is 18.1. The fourth-order valence-corrected chi connectivity index (χ4v) is 10.5. The molecule has 0 bridgehead atoms. The average Bonchev–Trinajstić information content (AvgIpc) is 3.41. The van der Waals surface area contributed by atoms with Crippen LogP contribution in [0.5, 0.6) is 0 Å². The number of hydrogen-bond acceptors (Lipinski definition) is 0. The fraction of sp³-hybridized carbons (Fsp3) is 0.0588. The van der Waals surface area contributed by atoms with E-state index in [2.05, 4.69) is 257 Å². The van der Waals surface area contributed by atoms with Crippen LogP contribution in [-0.4, -0.2) is 0 Å². The van der Waals surface area contributed by atoms with Gasteiger partial charge in [0.05, 0.1) is 0 Å². The van der Waals surface area contributed by atoms with Crippen molar-refractivity contribution in [2.24, 2.45) is 0 Å². The van der Waals surface area contributed by atoms with Crippen molar-refractivity contribution in [3.05, 3.63) is 240 Å². The van der Waals surface area contributed by atoms with Gasteiger partial charge in [-0.05, 0) is 169 Å². The van der Waals surface area contributed by atoms with E-state index in [9.17, 15) is 0 Å². The Kier molecular flexibility index (Phi) is 11.3. The lowest BCUT2D eigenvalue weighted by Gasteiger charge is -2.19. The molecule has 0 unspecified atom stereocenters. The zero-order valence-corrected chi connectivity index (χ0v) is 39.1. The molecule has 0 aromatic heterocycles. The SMILES string of the molecule is C/C=c1/ccc(-c2c3ccccc3c(/C=C/c3ccc(-c4ccc5c(-c6ccc7ccccc7c6)c6ccccc6c(-c6ccc7ccccc7c6)c5c4)cc3)c3ccccc23)c/c1=C/C.CC. The van der Waals surface area contributed by atoms with Crippen LogP contribution in [-0.2, 0) is 0 Å². The molecule has 0 heteroatoms. The highest BCUT2D eigenvalue weighted by molar-refractivity contribution is 6.23. The van der Waals surface area contributed by atoms with Gasteiger partial charge >= 0.3 is 0 Å². The van der Waals surface area contributed by atoms with E-state index >= 15 is 0 Å². The second kappa shape index (κ2) is 18.2. The van der Waals surface area contributed by atoms with Gasteiger partial charge in [0.2, 0.25) is 0 Å². The van der Waals surface area contributed by atoms with E-state index in [1.165, 1.54) is 125 Å². The van der Waals surface area contributed by atoms with Crippen LogP contribution in [0.1, 0.15) is 38.8 Å². The van der Waals surface area contributed by atoms with Crippen LogP contribution in [0.25, 0.3) is 133 Å². The lowest BCUT2D eigenvalue weighted by molar-refractivity contribution is 1.49. The van der Waals surface area contributed by atoms with Gasteiger partial charge in [0.1, 0.15) is 0 Å². The van der Waals surface area contributed by atoms with E-state index < -0.39 is 0 Å². The summed E-state index contributed by atoms with van der Waals surface area (Å²) in [6.45, 7) is 8.23. The zero-order valence-electron chi connectivity index (χ0n) is 39.1. The molecule has 68 heavy (non-hydrogen) atoms. The molecule has 0 atom stereocenters. The Morgan fingerprint density at radius 1 is 0.265 bits per heavy atom. The zero-order chi connectivity index (χ0) is 46.1. The van der Waals surface area contributed by atoms with E-state index in [0.717, 1.165) is 5.56 Å². The van der Waals surface area contributed by atoms with Gasteiger partial charge in [-0.15, -0.1) is 0 Å². The monoisotopic (exact) mass is 868 g/mol. The molecule has 0 amide bonds. The summed E-state index contributed by atoms with van der Waals surface area (Å²) >= 11 is 0. The summed E-state index contributed by atoms with van der Waals surface area (Å²) in [5.41, 5.74) is 12.3. The summed E-state index contributed by atoms with van der Waals surface area (Å²) in [5, 5.41) is 17.5. The Bertz CT molecular complexity index is 3990. The molecule has 0 nitrogen and oxygen atoms in total. The topological polar surface area (TPSA) is 0 Å². The van der Waals surface area contributed by atoms with Crippen LogP contribution in [0.3, 0.4) is 0 Å². The maximum Gasteiger partial charge on any atom is -0.00259 e. The lowest BCUT2D eigenvalue weighted by atomic mass is 9.84. The summed E-state index contributed by atoms with van der Waals surface area (Å²) in [6.07, 6.45) is 8.98. The standard InChI is InChI=1S/C66H46.C2H6/c1-3-44-30-33-52(39-45(44)4-2)64-58-21-11-9-19-55(58)57(56-20-10-12-22-59(56)64)37-27-43-25-28-48(29-26-43)51-36-38-62-63(42-51)66(54-35-32-47-16-6-8-18-50(47)41-54)61-24-14-13-23-60(61)65(62)53-34-31-46-15-5-7-17-49(46)40-53;1-2/h3-42H,1-2H3;1-2H3/b37-27+,44-3-,45-4-;. The summed E-state index contributed by atoms with van der Waals surface area (Å²) in [7, 11) is 0. The highest BCUT2D eigenvalue weighted by atomic mass is 14.2. The summed E-state index contributed by atoms with van der Waals surface area (Å²) in [4.78, 5) is 0. The Labute approximate surface area is 399 Å². The quantitative estimate of drug-likeness (QED) is 0.115. The van der Waals surface area contributed by atoms with Crippen molar-refractivity contribution < 1.29 is 0 Å². The van der Waals surface area contributed by atoms with E-state index in [1.54, 1.807) is 0 Å². The van der Waals surface area contributed by atoms with Gasteiger partial charge in [0, 0.05) is 0 Å². The molecule has 12 aromatic carbocycles. The van der Waals surface area contributed by atoms with E-state index in [0.29, 0.717) is 0 Å². The largest absolute Gasteiger partial charge is 0.0798 e. The molecule has 0 N–H and O–H groups in total. The van der Waals surface area contributed by atoms with Crippen molar-refractivity contribution >= 4 is 88.9 Å². The minimum Gasteiger partial charge on any atom is -0.0798 e. The minimum atomic E-state index is 1.16. The van der Waals surface area contributed by atoms with Gasteiger partial charge in [0.15, 0.2) is 0 Å². The highest BCUT2D eigenvalue weighted by Gasteiger charge is 2.19. The van der Waals surface area contributed by atoms with Crippen molar-refractivity contribution in [2.45, 2.75) is 27.7 Å². The molecule has 0 saturated carbocycles.